The van der Waals surface area contributed by atoms with E-state index in [1.54, 1.807) is 29.2 Å². The topological polar surface area (TPSA) is 47.4 Å². The van der Waals surface area contributed by atoms with Gasteiger partial charge in [-0.2, -0.15) is 13.2 Å². The number of carbonyl (C=O) groups excluding carboxylic acids is 1. The van der Waals surface area contributed by atoms with E-state index >= 15 is 0 Å². The van der Waals surface area contributed by atoms with Crippen molar-refractivity contribution in [2.45, 2.75) is 32.5 Å². The number of imidazole rings is 1. The summed E-state index contributed by atoms with van der Waals surface area (Å²) in [6, 6.07) is 14.1. The molecule has 1 aliphatic rings. The van der Waals surface area contributed by atoms with Crippen molar-refractivity contribution in [2.24, 2.45) is 5.92 Å². The Bertz CT molecular complexity index is 1050. The van der Waals surface area contributed by atoms with Crippen LogP contribution < -0.4 is 4.74 Å². The summed E-state index contributed by atoms with van der Waals surface area (Å²) in [7, 11) is 0. The minimum Gasteiger partial charge on any atom is -0.484 e. The van der Waals surface area contributed by atoms with Crippen molar-refractivity contribution in [3.8, 4) is 5.75 Å². The Morgan fingerprint density at radius 3 is 2.45 bits per heavy atom. The van der Waals surface area contributed by atoms with E-state index in [0.29, 0.717) is 42.7 Å². The number of halogens is 3. The van der Waals surface area contributed by atoms with Gasteiger partial charge in [0.2, 0.25) is 5.82 Å². The summed E-state index contributed by atoms with van der Waals surface area (Å²) in [5, 5.41) is 0. The Hall–Kier alpha value is -3.03. The highest BCUT2D eigenvalue weighted by Crippen LogP contribution is 2.33. The molecule has 4 rings (SSSR count). The number of aromatic nitrogens is 2. The van der Waals surface area contributed by atoms with Crippen molar-refractivity contribution < 1.29 is 22.7 Å². The zero-order valence-electron chi connectivity index (χ0n) is 17.2. The minimum absolute atomic E-state index is 0.0424. The van der Waals surface area contributed by atoms with Crippen LogP contribution in [0.3, 0.4) is 0 Å². The van der Waals surface area contributed by atoms with Crippen molar-refractivity contribution in [3.63, 3.8) is 0 Å². The molecular formula is C23H24F3N3O2. The third-order valence-electron chi connectivity index (χ3n) is 5.70. The quantitative estimate of drug-likeness (QED) is 0.589. The van der Waals surface area contributed by atoms with Gasteiger partial charge in [0, 0.05) is 19.6 Å². The highest BCUT2D eigenvalue weighted by molar-refractivity contribution is 5.78. The molecule has 3 aromatic rings. The third-order valence-corrected chi connectivity index (χ3v) is 5.70. The van der Waals surface area contributed by atoms with E-state index in [9.17, 15) is 18.0 Å². The van der Waals surface area contributed by atoms with E-state index < -0.39 is 12.0 Å². The fraction of sp³-hybridized carbons (Fsp3) is 0.391. The number of carbonyl (C=O) groups is 1. The molecule has 0 N–H and O–H groups in total. The van der Waals surface area contributed by atoms with E-state index in [0.717, 1.165) is 5.56 Å². The molecule has 1 saturated heterocycles. The number of alkyl halides is 3. The second-order valence-electron chi connectivity index (χ2n) is 7.96. The van der Waals surface area contributed by atoms with Crippen LogP contribution in [0.1, 0.15) is 24.2 Å². The maximum atomic E-state index is 13.5. The van der Waals surface area contributed by atoms with E-state index in [2.05, 4.69) is 4.98 Å². The Kier molecular flexibility index (Phi) is 5.89. The third kappa shape index (κ3) is 4.84. The molecule has 1 aromatic heterocycles. The molecule has 0 atom stereocenters. The number of likely N-dealkylation sites (tertiary alicyclic amines) is 1. The van der Waals surface area contributed by atoms with Gasteiger partial charge in [-0.25, -0.2) is 4.98 Å². The smallest absolute Gasteiger partial charge is 0.449 e. The van der Waals surface area contributed by atoms with Crippen molar-refractivity contribution >= 4 is 16.9 Å². The molecule has 0 aliphatic carbocycles. The molecule has 1 amide bonds. The highest BCUT2D eigenvalue weighted by atomic mass is 19.4. The number of hydrogen-bond acceptors (Lipinski definition) is 3. The van der Waals surface area contributed by atoms with Crippen LogP contribution >= 0.6 is 0 Å². The number of amides is 1. The second kappa shape index (κ2) is 8.61. The van der Waals surface area contributed by atoms with E-state index in [4.69, 9.17) is 4.74 Å². The number of fused-ring (bicyclic) bond motifs is 1. The molecule has 5 nitrogen and oxygen atoms in total. The van der Waals surface area contributed by atoms with Crippen LogP contribution in [0.4, 0.5) is 13.2 Å². The normalized spacial score (nSPS) is 15.4. The lowest BCUT2D eigenvalue weighted by molar-refractivity contribution is -0.147. The van der Waals surface area contributed by atoms with Crippen LogP contribution in [0, 0.1) is 12.8 Å². The van der Waals surface area contributed by atoms with Gasteiger partial charge in [-0.15, -0.1) is 0 Å². The molecule has 0 spiro atoms. The summed E-state index contributed by atoms with van der Waals surface area (Å²) >= 11 is 0. The van der Waals surface area contributed by atoms with Gasteiger partial charge in [0.1, 0.15) is 5.75 Å². The molecule has 1 fully saturated rings. The molecule has 2 aromatic carbocycles. The van der Waals surface area contributed by atoms with Crippen LogP contribution in [0.25, 0.3) is 11.0 Å². The molecule has 8 heteroatoms. The van der Waals surface area contributed by atoms with Gasteiger partial charge in [0.05, 0.1) is 11.0 Å². The Morgan fingerprint density at radius 2 is 1.77 bits per heavy atom. The molecule has 0 saturated carbocycles. The number of ether oxygens (including phenoxy) is 1. The van der Waals surface area contributed by atoms with Crippen molar-refractivity contribution in [1.82, 2.24) is 14.5 Å². The van der Waals surface area contributed by atoms with Crippen molar-refractivity contribution in [1.29, 1.82) is 0 Å². The Morgan fingerprint density at radius 1 is 1.10 bits per heavy atom. The first-order chi connectivity index (χ1) is 14.8. The molecule has 31 heavy (non-hydrogen) atoms. The monoisotopic (exact) mass is 431 g/mol. The Balaban J connectivity index is 1.36. The van der Waals surface area contributed by atoms with Gasteiger partial charge < -0.3 is 14.2 Å². The fourth-order valence-corrected chi connectivity index (χ4v) is 3.97. The highest BCUT2D eigenvalue weighted by Gasteiger charge is 2.38. The number of rotatable bonds is 5. The molecule has 0 unspecified atom stereocenters. The van der Waals surface area contributed by atoms with E-state index in [-0.39, 0.29) is 25.0 Å². The lowest BCUT2D eigenvalue weighted by Crippen LogP contribution is -2.41. The first-order valence-electron chi connectivity index (χ1n) is 10.3. The minimum atomic E-state index is -4.51. The summed E-state index contributed by atoms with van der Waals surface area (Å²) in [5.74, 6) is -0.289. The van der Waals surface area contributed by atoms with Gasteiger partial charge in [-0.1, -0.05) is 29.8 Å². The number of nitrogens with zero attached hydrogens (tertiary/aromatic N) is 3. The first kappa shape index (κ1) is 21.2. The van der Waals surface area contributed by atoms with E-state index in [1.165, 1.54) is 4.57 Å². The van der Waals surface area contributed by atoms with E-state index in [1.807, 2.05) is 31.2 Å². The fourth-order valence-electron chi connectivity index (χ4n) is 3.97. The molecule has 0 radical (unpaired) electrons. The first-order valence-corrected chi connectivity index (χ1v) is 10.3. The average molecular weight is 431 g/mol. The number of para-hydroxylation sites is 2. The van der Waals surface area contributed by atoms with Crippen LogP contribution in [-0.2, 0) is 17.5 Å². The van der Waals surface area contributed by atoms with Gasteiger partial charge in [0.15, 0.2) is 6.61 Å². The lowest BCUT2D eigenvalue weighted by Gasteiger charge is -2.32. The number of benzene rings is 2. The summed E-state index contributed by atoms with van der Waals surface area (Å²) in [5.41, 5.74) is 1.94. The summed E-state index contributed by atoms with van der Waals surface area (Å²) < 4.78 is 47.4. The van der Waals surface area contributed by atoms with Crippen LogP contribution in [0.15, 0.2) is 48.5 Å². The van der Waals surface area contributed by atoms with Crippen LogP contribution in [-0.4, -0.2) is 40.1 Å². The lowest BCUT2D eigenvalue weighted by atomic mass is 9.96. The summed E-state index contributed by atoms with van der Waals surface area (Å²) in [4.78, 5) is 18.0. The Labute approximate surface area is 178 Å². The van der Waals surface area contributed by atoms with Crippen LogP contribution in [0.2, 0.25) is 0 Å². The van der Waals surface area contributed by atoms with Gasteiger partial charge in [-0.05, 0) is 49.9 Å². The second-order valence-corrected chi connectivity index (χ2v) is 7.96. The van der Waals surface area contributed by atoms with Crippen molar-refractivity contribution in [3.05, 3.63) is 59.9 Å². The zero-order chi connectivity index (χ0) is 22.0. The van der Waals surface area contributed by atoms with Crippen LogP contribution in [0.5, 0.6) is 5.75 Å². The average Bonchev–Trinajstić information content (AvgIpc) is 3.13. The molecule has 2 heterocycles. The van der Waals surface area contributed by atoms with Gasteiger partial charge >= 0.3 is 6.18 Å². The SMILES string of the molecule is Cc1ccc(OCC(=O)N2CCC(Cn3c(C(F)(F)F)nc4ccccc43)CC2)cc1. The molecule has 164 valence electrons. The summed E-state index contributed by atoms with van der Waals surface area (Å²) in [6.45, 7) is 3.18. The largest absolute Gasteiger partial charge is 0.484 e. The maximum absolute atomic E-state index is 13.5. The number of hydrogen-bond donors (Lipinski definition) is 0. The summed E-state index contributed by atoms with van der Waals surface area (Å²) in [6.07, 6.45) is -3.23. The predicted octanol–water partition coefficient (Wildman–Crippen LogP) is 4.68. The predicted molar refractivity (Wildman–Crippen MR) is 111 cm³/mol. The standard InChI is InChI=1S/C23H24F3N3O2/c1-16-6-8-18(9-7-16)31-15-21(30)28-12-10-17(11-13-28)14-29-20-5-3-2-4-19(20)27-22(29)23(24,25)26/h2-9,17H,10-15H2,1H3. The molecular weight excluding hydrogens is 407 g/mol. The van der Waals surface area contributed by atoms with Gasteiger partial charge in [0.25, 0.3) is 5.91 Å². The molecule has 1 aliphatic heterocycles. The maximum Gasteiger partial charge on any atom is 0.449 e. The zero-order valence-corrected chi connectivity index (χ0v) is 17.2. The van der Waals surface area contributed by atoms with Gasteiger partial charge in [-0.3, -0.25) is 4.79 Å². The van der Waals surface area contributed by atoms with Crippen molar-refractivity contribution in [2.75, 3.05) is 19.7 Å². The number of aryl methyl sites for hydroxylation is 1. The molecule has 0 bridgehead atoms. The number of piperidine rings is 1.